The molecule has 0 aliphatic heterocycles. The summed E-state index contributed by atoms with van der Waals surface area (Å²) in [7, 11) is 3.26. The normalized spacial score (nSPS) is 14.1. The third kappa shape index (κ3) is 3.91. The van der Waals surface area contributed by atoms with Crippen molar-refractivity contribution < 1.29 is 14.3 Å². The molecule has 1 fully saturated rings. The molecule has 2 aromatic carbocycles. The van der Waals surface area contributed by atoms with Crippen molar-refractivity contribution in [2.24, 2.45) is 5.73 Å². The lowest BCUT2D eigenvalue weighted by Crippen LogP contribution is -2.22. The van der Waals surface area contributed by atoms with Gasteiger partial charge in [0.25, 0.3) is 5.91 Å². The zero-order valence-corrected chi connectivity index (χ0v) is 17.0. The summed E-state index contributed by atoms with van der Waals surface area (Å²) in [6, 6.07) is 17.3. The molecule has 0 saturated heterocycles. The summed E-state index contributed by atoms with van der Waals surface area (Å²) in [5.41, 5.74) is 8.36. The molecule has 1 amide bonds. The predicted octanol–water partition coefficient (Wildman–Crippen LogP) is 3.40. The van der Waals surface area contributed by atoms with E-state index < -0.39 is 5.91 Å². The van der Waals surface area contributed by atoms with E-state index in [1.54, 1.807) is 20.3 Å². The van der Waals surface area contributed by atoms with Gasteiger partial charge in [-0.3, -0.25) is 4.79 Å². The Bertz CT molecular complexity index is 1070. The van der Waals surface area contributed by atoms with Crippen molar-refractivity contribution in [1.82, 2.24) is 9.97 Å². The molecule has 30 heavy (non-hydrogen) atoms. The fraction of sp³-hybridized carbons (Fsp3) is 0.261. The van der Waals surface area contributed by atoms with Crippen LogP contribution < -0.4 is 20.5 Å². The Morgan fingerprint density at radius 1 is 1.03 bits per heavy atom. The molecule has 7 heteroatoms. The lowest BCUT2D eigenvalue weighted by Gasteiger charge is -2.19. The highest BCUT2D eigenvalue weighted by Gasteiger charge is 2.44. The molecule has 0 atom stereocenters. The number of carbonyl (C=O) groups is 1. The second-order valence-corrected chi connectivity index (χ2v) is 7.40. The minimum atomic E-state index is -0.585. The Morgan fingerprint density at radius 2 is 1.77 bits per heavy atom. The van der Waals surface area contributed by atoms with Gasteiger partial charge in [-0.25, -0.2) is 9.97 Å². The van der Waals surface area contributed by atoms with Crippen LogP contribution in [0.5, 0.6) is 11.5 Å². The Balaban J connectivity index is 1.59. The SMILES string of the molecule is COc1ccc(C2(CNc3nc(C(N)=O)cc(-c4ccccc4)n3)CC2)cc1OC. The molecule has 0 bridgehead atoms. The first-order valence-corrected chi connectivity index (χ1v) is 9.75. The van der Waals surface area contributed by atoms with Gasteiger partial charge in [0.1, 0.15) is 5.69 Å². The van der Waals surface area contributed by atoms with Crippen LogP contribution in [0.3, 0.4) is 0 Å². The largest absolute Gasteiger partial charge is 0.493 e. The number of ether oxygens (including phenoxy) is 2. The van der Waals surface area contributed by atoms with Crippen molar-refractivity contribution in [3.05, 3.63) is 65.9 Å². The molecule has 4 rings (SSSR count). The molecule has 0 radical (unpaired) electrons. The van der Waals surface area contributed by atoms with Gasteiger partial charge >= 0.3 is 0 Å². The maximum Gasteiger partial charge on any atom is 0.267 e. The number of nitrogens with two attached hydrogens (primary N) is 1. The number of hydrogen-bond donors (Lipinski definition) is 2. The van der Waals surface area contributed by atoms with Crippen molar-refractivity contribution in [2.45, 2.75) is 18.3 Å². The molecule has 3 N–H and O–H groups in total. The Kier molecular flexibility index (Phi) is 5.27. The van der Waals surface area contributed by atoms with Gasteiger partial charge in [0.15, 0.2) is 11.5 Å². The molecular formula is C23H24N4O3. The fourth-order valence-corrected chi connectivity index (χ4v) is 3.54. The first-order chi connectivity index (χ1) is 14.5. The van der Waals surface area contributed by atoms with E-state index in [4.69, 9.17) is 15.2 Å². The van der Waals surface area contributed by atoms with Crippen LogP contribution >= 0.6 is 0 Å². The lowest BCUT2D eigenvalue weighted by atomic mass is 9.95. The monoisotopic (exact) mass is 404 g/mol. The number of methoxy groups -OCH3 is 2. The number of hydrogen-bond acceptors (Lipinski definition) is 6. The topological polar surface area (TPSA) is 99.4 Å². The summed E-state index contributed by atoms with van der Waals surface area (Å²) >= 11 is 0. The standard InChI is InChI=1S/C23H24N4O3/c1-29-19-9-8-16(12-20(19)30-2)23(10-11-23)14-25-22-26-17(13-18(27-22)21(24)28)15-6-4-3-5-7-15/h3-9,12-13H,10-11,14H2,1-2H3,(H2,24,28)(H,25,26,27). The van der Waals surface area contributed by atoms with E-state index in [9.17, 15) is 4.79 Å². The summed E-state index contributed by atoms with van der Waals surface area (Å²) < 4.78 is 10.8. The Hall–Kier alpha value is -3.61. The van der Waals surface area contributed by atoms with Gasteiger partial charge in [-0.05, 0) is 36.6 Å². The molecule has 0 unspecified atom stereocenters. The highest BCUT2D eigenvalue weighted by atomic mass is 16.5. The van der Waals surface area contributed by atoms with Gasteiger partial charge < -0.3 is 20.5 Å². The maximum atomic E-state index is 11.8. The zero-order valence-electron chi connectivity index (χ0n) is 17.0. The number of anilines is 1. The lowest BCUT2D eigenvalue weighted by molar-refractivity contribution is 0.0995. The smallest absolute Gasteiger partial charge is 0.267 e. The Morgan fingerprint density at radius 3 is 2.40 bits per heavy atom. The molecule has 1 aliphatic rings. The van der Waals surface area contributed by atoms with Crippen LogP contribution in [-0.2, 0) is 5.41 Å². The van der Waals surface area contributed by atoms with Crippen LogP contribution in [-0.4, -0.2) is 36.6 Å². The fourth-order valence-electron chi connectivity index (χ4n) is 3.54. The van der Waals surface area contributed by atoms with Gasteiger partial charge in [-0.2, -0.15) is 0 Å². The van der Waals surface area contributed by atoms with Crippen molar-refractivity contribution in [1.29, 1.82) is 0 Å². The zero-order chi connectivity index (χ0) is 21.1. The van der Waals surface area contributed by atoms with Crippen molar-refractivity contribution in [3.8, 4) is 22.8 Å². The third-order valence-electron chi connectivity index (χ3n) is 5.48. The molecule has 0 spiro atoms. The van der Waals surface area contributed by atoms with E-state index in [-0.39, 0.29) is 11.1 Å². The van der Waals surface area contributed by atoms with E-state index in [1.807, 2.05) is 42.5 Å². The molecule has 154 valence electrons. The predicted molar refractivity (Wildman–Crippen MR) is 115 cm³/mol. The van der Waals surface area contributed by atoms with Crippen LogP contribution in [0.15, 0.2) is 54.6 Å². The molecule has 1 heterocycles. The van der Waals surface area contributed by atoms with E-state index in [2.05, 4.69) is 21.4 Å². The molecular weight excluding hydrogens is 380 g/mol. The van der Waals surface area contributed by atoms with Crippen LogP contribution in [0.1, 0.15) is 28.9 Å². The number of rotatable bonds is 8. The number of benzene rings is 2. The van der Waals surface area contributed by atoms with E-state index in [1.165, 1.54) is 5.56 Å². The molecule has 7 nitrogen and oxygen atoms in total. The summed E-state index contributed by atoms with van der Waals surface area (Å²) in [6.45, 7) is 0.638. The third-order valence-corrected chi connectivity index (χ3v) is 5.48. The van der Waals surface area contributed by atoms with Crippen molar-refractivity contribution >= 4 is 11.9 Å². The van der Waals surface area contributed by atoms with Gasteiger partial charge in [-0.15, -0.1) is 0 Å². The van der Waals surface area contributed by atoms with E-state index in [0.29, 0.717) is 29.7 Å². The first-order valence-electron chi connectivity index (χ1n) is 9.75. The number of amides is 1. The molecule has 1 aromatic heterocycles. The first kappa shape index (κ1) is 19.7. The Labute approximate surface area is 175 Å². The highest BCUT2D eigenvalue weighted by molar-refractivity contribution is 5.92. The average Bonchev–Trinajstić information content (AvgIpc) is 3.58. The molecule has 1 saturated carbocycles. The van der Waals surface area contributed by atoms with E-state index in [0.717, 1.165) is 18.4 Å². The number of aromatic nitrogens is 2. The van der Waals surface area contributed by atoms with Crippen LogP contribution in [0.2, 0.25) is 0 Å². The van der Waals surface area contributed by atoms with Gasteiger partial charge in [0, 0.05) is 17.5 Å². The summed E-state index contributed by atoms with van der Waals surface area (Å²) in [5, 5.41) is 3.32. The second-order valence-electron chi connectivity index (χ2n) is 7.40. The van der Waals surface area contributed by atoms with Crippen LogP contribution in [0, 0.1) is 0 Å². The summed E-state index contributed by atoms with van der Waals surface area (Å²) in [5.74, 6) is 1.21. The quantitative estimate of drug-likeness (QED) is 0.597. The minimum Gasteiger partial charge on any atom is -0.493 e. The molecule has 3 aromatic rings. The second kappa shape index (κ2) is 8.02. The van der Waals surface area contributed by atoms with Gasteiger partial charge in [0.05, 0.1) is 19.9 Å². The maximum absolute atomic E-state index is 11.8. The van der Waals surface area contributed by atoms with Gasteiger partial charge in [-0.1, -0.05) is 36.4 Å². The number of primary amides is 1. The number of carbonyl (C=O) groups excluding carboxylic acids is 1. The van der Waals surface area contributed by atoms with Crippen LogP contribution in [0.4, 0.5) is 5.95 Å². The highest BCUT2D eigenvalue weighted by Crippen LogP contribution is 2.49. The van der Waals surface area contributed by atoms with Crippen molar-refractivity contribution in [3.63, 3.8) is 0 Å². The van der Waals surface area contributed by atoms with Gasteiger partial charge in [0.2, 0.25) is 5.95 Å². The summed E-state index contributed by atoms with van der Waals surface area (Å²) in [4.78, 5) is 20.7. The molecule has 1 aliphatic carbocycles. The summed E-state index contributed by atoms with van der Waals surface area (Å²) in [6.07, 6.45) is 2.08. The van der Waals surface area contributed by atoms with Crippen LogP contribution in [0.25, 0.3) is 11.3 Å². The minimum absolute atomic E-state index is 0.0292. The van der Waals surface area contributed by atoms with E-state index >= 15 is 0 Å². The average molecular weight is 404 g/mol. The number of nitrogens with zero attached hydrogens (tertiary/aromatic N) is 2. The van der Waals surface area contributed by atoms with Crippen molar-refractivity contribution in [2.75, 3.05) is 26.1 Å². The number of nitrogens with one attached hydrogen (secondary N) is 1.